The molecule has 0 aliphatic carbocycles. The Kier molecular flexibility index (Phi) is 5.70. The average molecular weight is 246 g/mol. The molecule has 0 bridgehead atoms. The first kappa shape index (κ1) is 16.1. The molecule has 16 heavy (non-hydrogen) atoms. The van der Waals surface area contributed by atoms with E-state index in [-0.39, 0.29) is 12.0 Å². The van der Waals surface area contributed by atoms with Crippen LogP contribution in [0.3, 0.4) is 0 Å². The van der Waals surface area contributed by atoms with Crippen LogP contribution in [0.15, 0.2) is 0 Å². The Balaban J connectivity index is 3.92. The molecular formula is C13H30O2Si. The van der Waals surface area contributed by atoms with Crippen LogP contribution in [-0.4, -0.2) is 26.6 Å². The molecule has 0 amide bonds. The van der Waals surface area contributed by atoms with E-state index in [2.05, 4.69) is 47.7 Å². The molecule has 98 valence electrons. The summed E-state index contributed by atoms with van der Waals surface area (Å²) >= 11 is 0. The van der Waals surface area contributed by atoms with Crippen LogP contribution in [0.1, 0.15) is 47.5 Å². The first-order valence-electron chi connectivity index (χ1n) is 6.27. The summed E-state index contributed by atoms with van der Waals surface area (Å²) in [7, 11) is -1.57. The molecule has 0 fully saturated rings. The molecule has 0 aliphatic rings. The summed E-state index contributed by atoms with van der Waals surface area (Å²) in [5.74, 6) is 0. The van der Waals surface area contributed by atoms with Gasteiger partial charge in [-0.25, -0.2) is 0 Å². The van der Waals surface area contributed by atoms with E-state index >= 15 is 0 Å². The van der Waals surface area contributed by atoms with Crippen LogP contribution in [0.2, 0.25) is 18.1 Å². The quantitative estimate of drug-likeness (QED) is 0.570. The third-order valence-corrected chi connectivity index (χ3v) is 8.23. The van der Waals surface area contributed by atoms with E-state index in [1.54, 1.807) is 0 Å². The van der Waals surface area contributed by atoms with Gasteiger partial charge in [0.1, 0.15) is 0 Å². The lowest BCUT2D eigenvalue weighted by atomic mass is 9.89. The first-order valence-corrected chi connectivity index (χ1v) is 9.17. The minimum absolute atomic E-state index is 0.0385. The standard InChI is InChI=1S/C13H30O2Si/c1-12(2,3)16(6,7)15-10-8-9-13(4,5)11-14/h14H,8-11H2,1-7H3. The maximum absolute atomic E-state index is 9.15. The molecular weight excluding hydrogens is 216 g/mol. The molecule has 0 spiro atoms. The van der Waals surface area contributed by atoms with Crippen molar-refractivity contribution in [1.82, 2.24) is 0 Å². The van der Waals surface area contributed by atoms with E-state index in [9.17, 15) is 0 Å². The lowest BCUT2D eigenvalue weighted by Gasteiger charge is -2.36. The number of aliphatic hydroxyl groups is 1. The smallest absolute Gasteiger partial charge is 0.191 e. The molecule has 0 unspecified atom stereocenters. The fourth-order valence-electron chi connectivity index (χ4n) is 1.17. The van der Waals surface area contributed by atoms with Crippen LogP contribution in [0.4, 0.5) is 0 Å². The topological polar surface area (TPSA) is 29.5 Å². The summed E-state index contributed by atoms with van der Waals surface area (Å²) in [6.07, 6.45) is 2.07. The number of hydrogen-bond donors (Lipinski definition) is 1. The van der Waals surface area contributed by atoms with Gasteiger partial charge in [0.25, 0.3) is 0 Å². The van der Waals surface area contributed by atoms with Crippen LogP contribution in [0.25, 0.3) is 0 Å². The van der Waals surface area contributed by atoms with Gasteiger partial charge in [-0.2, -0.15) is 0 Å². The van der Waals surface area contributed by atoms with Crippen molar-refractivity contribution < 1.29 is 9.53 Å². The summed E-state index contributed by atoms with van der Waals surface area (Å²) in [5.41, 5.74) is 0.0385. The number of rotatable bonds is 6. The summed E-state index contributed by atoms with van der Waals surface area (Å²) in [4.78, 5) is 0. The van der Waals surface area contributed by atoms with Crippen molar-refractivity contribution in [2.24, 2.45) is 5.41 Å². The van der Waals surface area contributed by atoms with E-state index in [1.165, 1.54) is 0 Å². The maximum atomic E-state index is 9.15. The molecule has 0 saturated carbocycles. The van der Waals surface area contributed by atoms with Crippen molar-refractivity contribution in [2.75, 3.05) is 13.2 Å². The van der Waals surface area contributed by atoms with E-state index in [4.69, 9.17) is 9.53 Å². The highest BCUT2D eigenvalue weighted by atomic mass is 28.4. The normalized spacial score (nSPS) is 14.2. The van der Waals surface area contributed by atoms with Crippen molar-refractivity contribution in [1.29, 1.82) is 0 Å². The molecule has 2 nitrogen and oxygen atoms in total. The van der Waals surface area contributed by atoms with Crippen LogP contribution in [0.5, 0.6) is 0 Å². The van der Waals surface area contributed by atoms with Crippen LogP contribution >= 0.6 is 0 Å². The van der Waals surface area contributed by atoms with Crippen molar-refractivity contribution in [2.45, 2.75) is 65.6 Å². The Morgan fingerprint density at radius 1 is 1.06 bits per heavy atom. The predicted octanol–water partition coefficient (Wildman–Crippen LogP) is 3.81. The van der Waals surface area contributed by atoms with E-state index in [0.29, 0.717) is 5.04 Å². The lowest BCUT2D eigenvalue weighted by molar-refractivity contribution is 0.139. The van der Waals surface area contributed by atoms with Gasteiger partial charge in [-0.3, -0.25) is 0 Å². The van der Waals surface area contributed by atoms with Crippen LogP contribution in [-0.2, 0) is 4.43 Å². The summed E-state index contributed by atoms with van der Waals surface area (Å²) in [6, 6.07) is 0. The zero-order valence-corrected chi connectivity index (χ0v) is 13.2. The monoisotopic (exact) mass is 246 g/mol. The van der Waals surface area contributed by atoms with Crippen LogP contribution in [0, 0.1) is 5.41 Å². The number of hydrogen-bond acceptors (Lipinski definition) is 2. The van der Waals surface area contributed by atoms with Gasteiger partial charge in [-0.15, -0.1) is 0 Å². The molecule has 0 rings (SSSR count). The van der Waals surface area contributed by atoms with E-state index < -0.39 is 8.32 Å². The van der Waals surface area contributed by atoms with Gasteiger partial charge in [-0.1, -0.05) is 34.6 Å². The Hall–Kier alpha value is 0.137. The van der Waals surface area contributed by atoms with Crippen molar-refractivity contribution in [3.8, 4) is 0 Å². The predicted molar refractivity (Wildman–Crippen MR) is 73.2 cm³/mol. The van der Waals surface area contributed by atoms with Crippen molar-refractivity contribution in [3.63, 3.8) is 0 Å². The highest BCUT2D eigenvalue weighted by Crippen LogP contribution is 2.36. The lowest BCUT2D eigenvalue weighted by Crippen LogP contribution is -2.41. The minimum atomic E-state index is -1.57. The van der Waals surface area contributed by atoms with Gasteiger partial charge < -0.3 is 9.53 Å². The highest BCUT2D eigenvalue weighted by molar-refractivity contribution is 6.74. The minimum Gasteiger partial charge on any atom is -0.417 e. The average Bonchev–Trinajstić information content (AvgIpc) is 2.11. The molecule has 1 N–H and O–H groups in total. The molecule has 0 radical (unpaired) electrons. The van der Waals surface area contributed by atoms with Gasteiger partial charge in [0, 0.05) is 13.2 Å². The maximum Gasteiger partial charge on any atom is 0.191 e. The van der Waals surface area contributed by atoms with Crippen molar-refractivity contribution in [3.05, 3.63) is 0 Å². The molecule has 0 atom stereocenters. The first-order chi connectivity index (χ1) is 7.02. The fraction of sp³-hybridized carbons (Fsp3) is 1.00. The second-order valence-corrected chi connectivity index (χ2v) is 11.8. The molecule has 0 aromatic rings. The van der Waals surface area contributed by atoms with E-state index in [0.717, 1.165) is 19.4 Å². The Morgan fingerprint density at radius 3 is 1.94 bits per heavy atom. The molecule has 3 heteroatoms. The molecule has 0 aliphatic heterocycles. The zero-order valence-electron chi connectivity index (χ0n) is 12.2. The largest absolute Gasteiger partial charge is 0.417 e. The van der Waals surface area contributed by atoms with Gasteiger partial charge in [0.05, 0.1) is 0 Å². The van der Waals surface area contributed by atoms with E-state index in [1.807, 2.05) is 0 Å². The second-order valence-electron chi connectivity index (χ2n) is 7.03. The third-order valence-electron chi connectivity index (χ3n) is 3.70. The molecule has 0 aromatic carbocycles. The Labute approximate surface area is 103 Å². The van der Waals surface area contributed by atoms with Gasteiger partial charge in [-0.05, 0) is 36.4 Å². The summed E-state index contributed by atoms with van der Waals surface area (Å²) in [5, 5.41) is 9.44. The van der Waals surface area contributed by atoms with Gasteiger partial charge >= 0.3 is 0 Å². The Bertz CT molecular complexity index is 204. The summed E-state index contributed by atoms with van der Waals surface area (Å²) < 4.78 is 6.09. The molecule has 0 aromatic heterocycles. The third kappa shape index (κ3) is 5.46. The molecule has 0 saturated heterocycles. The molecule has 0 heterocycles. The van der Waals surface area contributed by atoms with Crippen molar-refractivity contribution >= 4 is 8.32 Å². The fourth-order valence-corrected chi connectivity index (χ4v) is 2.26. The second kappa shape index (κ2) is 5.65. The number of aliphatic hydroxyl groups excluding tert-OH is 1. The Morgan fingerprint density at radius 2 is 1.56 bits per heavy atom. The van der Waals surface area contributed by atoms with Gasteiger partial charge in [0.2, 0.25) is 0 Å². The SMILES string of the molecule is CC(C)(CO)CCCO[Si](C)(C)C(C)(C)C. The van der Waals surface area contributed by atoms with Crippen LogP contribution < -0.4 is 0 Å². The summed E-state index contributed by atoms with van der Waals surface area (Å²) in [6.45, 7) is 16.6. The zero-order chi connectivity index (χ0) is 13.0. The highest BCUT2D eigenvalue weighted by Gasteiger charge is 2.36. The van der Waals surface area contributed by atoms with Gasteiger partial charge in [0.15, 0.2) is 8.32 Å².